The lowest BCUT2D eigenvalue weighted by Crippen LogP contribution is -2.15. The molecule has 162 valence electrons. The Kier molecular flexibility index (Phi) is 7.10. The number of hydrogen-bond donors (Lipinski definition) is 1. The molecule has 0 saturated carbocycles. The first-order chi connectivity index (χ1) is 15.1. The van der Waals surface area contributed by atoms with Crippen molar-refractivity contribution < 1.29 is 18.9 Å². The van der Waals surface area contributed by atoms with Crippen molar-refractivity contribution in [1.29, 1.82) is 0 Å². The molecule has 5 nitrogen and oxygen atoms in total. The van der Waals surface area contributed by atoms with Crippen LogP contribution in [0.2, 0.25) is 5.02 Å². The highest BCUT2D eigenvalue weighted by molar-refractivity contribution is 9.10. The highest BCUT2D eigenvalue weighted by atomic mass is 79.9. The van der Waals surface area contributed by atoms with Gasteiger partial charge in [-0.2, -0.15) is 0 Å². The zero-order valence-corrected chi connectivity index (χ0v) is 19.5. The molecule has 0 radical (unpaired) electrons. The smallest absolute Gasteiger partial charge is 0.163 e. The highest BCUT2D eigenvalue weighted by Gasteiger charge is 2.14. The van der Waals surface area contributed by atoms with Crippen LogP contribution in [-0.2, 0) is 13.2 Å². The van der Waals surface area contributed by atoms with Gasteiger partial charge in [-0.1, -0.05) is 45.7 Å². The van der Waals surface area contributed by atoms with E-state index >= 15 is 0 Å². The molecule has 1 heterocycles. The van der Waals surface area contributed by atoms with Gasteiger partial charge in [0.05, 0.1) is 6.61 Å². The van der Waals surface area contributed by atoms with E-state index in [-0.39, 0.29) is 0 Å². The van der Waals surface area contributed by atoms with Crippen molar-refractivity contribution >= 4 is 33.2 Å². The number of fused-ring (bicyclic) bond motifs is 1. The fourth-order valence-corrected chi connectivity index (χ4v) is 3.87. The minimum atomic E-state index is 0.362. The standard InChI is InChI=1S/C24H23BrClNO4/c1-2-28-22-11-17(14-27-18-7-8-21-23(12-18)30-10-9-29-21)19(25)13-24(22)31-15-16-5-3-4-6-20(16)26/h3-8,11-13,27H,2,9-10,14-15H2,1H3. The van der Waals surface area contributed by atoms with Crippen LogP contribution in [0.25, 0.3) is 0 Å². The van der Waals surface area contributed by atoms with E-state index in [2.05, 4.69) is 21.2 Å². The molecule has 1 aliphatic rings. The van der Waals surface area contributed by atoms with Gasteiger partial charge in [0.1, 0.15) is 19.8 Å². The normalized spacial score (nSPS) is 12.4. The molecular formula is C24H23BrClNO4. The molecule has 0 amide bonds. The fraction of sp³-hybridized carbons (Fsp3) is 0.250. The Balaban J connectivity index is 1.48. The van der Waals surface area contributed by atoms with E-state index in [0.717, 1.165) is 32.8 Å². The van der Waals surface area contributed by atoms with Crippen LogP contribution in [0, 0.1) is 0 Å². The van der Waals surface area contributed by atoms with Gasteiger partial charge < -0.3 is 24.3 Å². The SMILES string of the molecule is CCOc1cc(CNc2ccc3c(c2)OCCO3)c(Br)cc1OCc1ccccc1Cl. The van der Waals surface area contributed by atoms with Gasteiger partial charge in [-0.15, -0.1) is 0 Å². The molecule has 0 spiro atoms. The number of nitrogens with one attached hydrogen (secondary N) is 1. The third kappa shape index (κ3) is 5.38. The van der Waals surface area contributed by atoms with E-state index in [1.54, 1.807) is 0 Å². The second kappa shape index (κ2) is 10.2. The molecule has 0 unspecified atom stereocenters. The first-order valence-electron chi connectivity index (χ1n) is 10.1. The number of rotatable bonds is 8. The van der Waals surface area contributed by atoms with Crippen LogP contribution in [0.4, 0.5) is 5.69 Å². The number of hydrogen-bond acceptors (Lipinski definition) is 5. The summed E-state index contributed by atoms with van der Waals surface area (Å²) in [7, 11) is 0. The summed E-state index contributed by atoms with van der Waals surface area (Å²) in [6, 6.07) is 17.4. The van der Waals surface area contributed by atoms with E-state index in [4.69, 9.17) is 30.5 Å². The van der Waals surface area contributed by atoms with Crippen molar-refractivity contribution in [3.63, 3.8) is 0 Å². The topological polar surface area (TPSA) is 49.0 Å². The van der Waals surface area contributed by atoms with Crippen LogP contribution in [0.1, 0.15) is 18.1 Å². The Morgan fingerprint density at radius 2 is 1.71 bits per heavy atom. The summed E-state index contributed by atoms with van der Waals surface area (Å²) in [5.74, 6) is 2.89. The molecule has 31 heavy (non-hydrogen) atoms. The Hall–Kier alpha value is -2.57. The number of anilines is 1. The Labute approximate surface area is 195 Å². The maximum Gasteiger partial charge on any atom is 0.163 e. The van der Waals surface area contributed by atoms with Crippen LogP contribution in [0.15, 0.2) is 59.1 Å². The molecule has 0 aromatic heterocycles. The molecule has 4 rings (SSSR count). The van der Waals surface area contributed by atoms with Gasteiger partial charge in [0.25, 0.3) is 0 Å². The Morgan fingerprint density at radius 3 is 2.52 bits per heavy atom. The lowest BCUT2D eigenvalue weighted by Gasteiger charge is -2.19. The summed E-state index contributed by atoms with van der Waals surface area (Å²) < 4.78 is 24.0. The molecular weight excluding hydrogens is 482 g/mol. The molecule has 0 aliphatic carbocycles. The van der Waals surface area contributed by atoms with Crippen molar-refractivity contribution in [3.8, 4) is 23.0 Å². The van der Waals surface area contributed by atoms with E-state index in [1.165, 1.54) is 0 Å². The van der Waals surface area contributed by atoms with Gasteiger partial charge in [0.15, 0.2) is 23.0 Å². The minimum Gasteiger partial charge on any atom is -0.490 e. The summed E-state index contributed by atoms with van der Waals surface area (Å²) in [6.07, 6.45) is 0. The summed E-state index contributed by atoms with van der Waals surface area (Å²) in [6.45, 7) is 4.60. The summed E-state index contributed by atoms with van der Waals surface area (Å²) in [5.41, 5.74) is 2.92. The maximum absolute atomic E-state index is 6.25. The average molecular weight is 505 g/mol. The second-order valence-corrected chi connectivity index (χ2v) is 8.18. The molecule has 1 aliphatic heterocycles. The molecule has 0 atom stereocenters. The van der Waals surface area contributed by atoms with E-state index in [1.807, 2.05) is 61.5 Å². The zero-order valence-electron chi connectivity index (χ0n) is 17.1. The number of ether oxygens (including phenoxy) is 4. The summed E-state index contributed by atoms with van der Waals surface area (Å²) >= 11 is 9.91. The van der Waals surface area contributed by atoms with E-state index < -0.39 is 0 Å². The van der Waals surface area contributed by atoms with E-state index in [0.29, 0.717) is 49.5 Å². The highest BCUT2D eigenvalue weighted by Crippen LogP contribution is 2.36. The second-order valence-electron chi connectivity index (χ2n) is 6.92. The molecule has 3 aromatic carbocycles. The van der Waals surface area contributed by atoms with Gasteiger partial charge in [0, 0.05) is 33.4 Å². The van der Waals surface area contributed by atoms with Crippen LogP contribution < -0.4 is 24.3 Å². The van der Waals surface area contributed by atoms with Crippen LogP contribution in [0.3, 0.4) is 0 Å². The third-order valence-electron chi connectivity index (χ3n) is 4.78. The molecule has 7 heteroatoms. The average Bonchev–Trinajstić information content (AvgIpc) is 2.79. The lowest BCUT2D eigenvalue weighted by molar-refractivity contribution is 0.171. The largest absolute Gasteiger partial charge is 0.490 e. The molecule has 0 fully saturated rings. The van der Waals surface area contributed by atoms with Crippen LogP contribution in [0.5, 0.6) is 23.0 Å². The number of benzene rings is 3. The minimum absolute atomic E-state index is 0.362. The van der Waals surface area contributed by atoms with Crippen LogP contribution >= 0.6 is 27.5 Å². The first-order valence-corrected chi connectivity index (χ1v) is 11.3. The van der Waals surface area contributed by atoms with Crippen molar-refractivity contribution in [2.75, 3.05) is 25.1 Å². The molecule has 0 saturated heterocycles. The van der Waals surface area contributed by atoms with Crippen molar-refractivity contribution in [1.82, 2.24) is 0 Å². The monoisotopic (exact) mass is 503 g/mol. The van der Waals surface area contributed by atoms with Gasteiger partial charge in [0.2, 0.25) is 0 Å². The van der Waals surface area contributed by atoms with Crippen molar-refractivity contribution in [2.24, 2.45) is 0 Å². The molecule has 3 aromatic rings. The van der Waals surface area contributed by atoms with Gasteiger partial charge >= 0.3 is 0 Å². The quantitative estimate of drug-likeness (QED) is 0.381. The predicted molar refractivity (Wildman–Crippen MR) is 126 cm³/mol. The summed E-state index contributed by atoms with van der Waals surface area (Å²) in [4.78, 5) is 0. The van der Waals surface area contributed by atoms with Crippen molar-refractivity contribution in [3.05, 3.63) is 75.2 Å². The lowest BCUT2D eigenvalue weighted by atomic mass is 10.2. The maximum atomic E-state index is 6.25. The number of halogens is 2. The zero-order chi connectivity index (χ0) is 21.6. The van der Waals surface area contributed by atoms with Gasteiger partial charge in [-0.25, -0.2) is 0 Å². The van der Waals surface area contributed by atoms with Crippen LogP contribution in [-0.4, -0.2) is 19.8 Å². The molecule has 1 N–H and O–H groups in total. The first kappa shape index (κ1) is 21.7. The third-order valence-corrected chi connectivity index (χ3v) is 5.89. The van der Waals surface area contributed by atoms with Gasteiger partial charge in [-0.05, 0) is 42.8 Å². The Bertz CT molecular complexity index is 1060. The van der Waals surface area contributed by atoms with E-state index in [9.17, 15) is 0 Å². The van der Waals surface area contributed by atoms with Crippen molar-refractivity contribution in [2.45, 2.75) is 20.1 Å². The Morgan fingerprint density at radius 1 is 0.935 bits per heavy atom. The fourth-order valence-electron chi connectivity index (χ4n) is 3.22. The molecule has 0 bridgehead atoms. The van der Waals surface area contributed by atoms with Gasteiger partial charge in [-0.3, -0.25) is 0 Å². The predicted octanol–water partition coefficient (Wildman–Crippen LogP) is 6.46. The summed E-state index contributed by atoms with van der Waals surface area (Å²) in [5, 5.41) is 4.11.